The van der Waals surface area contributed by atoms with E-state index in [2.05, 4.69) is 20.7 Å². The number of para-hydroxylation sites is 1. The van der Waals surface area contributed by atoms with E-state index in [4.69, 9.17) is 0 Å². The first-order valence-electron chi connectivity index (χ1n) is 6.80. The number of hydrogen-bond acceptors (Lipinski definition) is 5. The zero-order chi connectivity index (χ0) is 16.8. The van der Waals surface area contributed by atoms with Gasteiger partial charge in [-0.15, -0.1) is 0 Å². The minimum Gasteiger partial charge on any atom is -0.302 e. The van der Waals surface area contributed by atoms with Gasteiger partial charge in [-0.2, -0.15) is 5.10 Å². The van der Waals surface area contributed by atoms with Gasteiger partial charge in [-0.25, -0.2) is 5.43 Å². The molecule has 3 N–H and O–H groups in total. The highest BCUT2D eigenvalue weighted by Gasteiger charge is 2.11. The molecule has 0 aliphatic heterocycles. The molecule has 2 aromatic rings. The number of rotatable bonds is 6. The quantitative estimate of drug-likeness (QED) is 0.416. The molecule has 0 aliphatic rings. The average molecular weight is 317 g/mol. The number of aromatic amines is 2. The summed E-state index contributed by atoms with van der Waals surface area (Å²) in [7, 11) is 0. The Labute approximate surface area is 130 Å². The second kappa shape index (κ2) is 7.16. The third-order valence-electron chi connectivity index (χ3n) is 3.22. The first kappa shape index (κ1) is 16.1. The number of aryl methyl sites for hydroxylation is 1. The summed E-state index contributed by atoms with van der Waals surface area (Å²) < 4.78 is 0. The minimum absolute atomic E-state index is 0.0794. The first-order valence-corrected chi connectivity index (χ1v) is 6.80. The first-order chi connectivity index (χ1) is 11.0. The minimum atomic E-state index is -0.524. The van der Waals surface area contributed by atoms with Gasteiger partial charge in [-0.05, 0) is 19.4 Å². The highest BCUT2D eigenvalue weighted by molar-refractivity contribution is 5.86. The Balaban J connectivity index is 1.92. The molecule has 1 aromatic carbocycles. The molecule has 0 atom stereocenters. The van der Waals surface area contributed by atoms with Crippen LogP contribution in [0.15, 0.2) is 34.2 Å². The molecule has 0 fully saturated rings. The van der Waals surface area contributed by atoms with Crippen molar-refractivity contribution in [2.24, 2.45) is 5.10 Å². The Morgan fingerprint density at radius 1 is 1.39 bits per heavy atom. The lowest BCUT2D eigenvalue weighted by Crippen LogP contribution is -2.19. The van der Waals surface area contributed by atoms with Crippen LogP contribution in [0, 0.1) is 17.0 Å². The maximum atomic E-state index is 11.7. The van der Waals surface area contributed by atoms with Gasteiger partial charge in [0.25, 0.3) is 11.2 Å². The van der Waals surface area contributed by atoms with Gasteiger partial charge in [-0.1, -0.05) is 12.1 Å². The van der Waals surface area contributed by atoms with Crippen molar-refractivity contribution in [3.8, 4) is 0 Å². The number of nitrogens with zero attached hydrogens (tertiary/aromatic N) is 2. The molecule has 2 rings (SSSR count). The predicted molar refractivity (Wildman–Crippen MR) is 83.3 cm³/mol. The Morgan fingerprint density at radius 2 is 2.13 bits per heavy atom. The van der Waals surface area contributed by atoms with Crippen molar-refractivity contribution in [1.82, 2.24) is 15.6 Å². The molecule has 0 unspecified atom stereocenters. The molecule has 1 aromatic heterocycles. The van der Waals surface area contributed by atoms with E-state index in [0.29, 0.717) is 11.3 Å². The highest BCUT2D eigenvalue weighted by atomic mass is 16.6. The normalized spacial score (nSPS) is 10.8. The van der Waals surface area contributed by atoms with Crippen LogP contribution in [0.3, 0.4) is 0 Å². The summed E-state index contributed by atoms with van der Waals surface area (Å²) in [5, 5.41) is 19.7. The van der Waals surface area contributed by atoms with Gasteiger partial charge >= 0.3 is 0 Å². The van der Waals surface area contributed by atoms with Crippen molar-refractivity contribution in [1.29, 1.82) is 0 Å². The van der Waals surface area contributed by atoms with Crippen molar-refractivity contribution in [2.45, 2.75) is 19.8 Å². The highest BCUT2D eigenvalue weighted by Crippen LogP contribution is 2.14. The van der Waals surface area contributed by atoms with Crippen molar-refractivity contribution in [2.75, 3.05) is 0 Å². The molecule has 0 saturated heterocycles. The molecule has 0 saturated carbocycles. The zero-order valence-electron chi connectivity index (χ0n) is 12.3. The van der Waals surface area contributed by atoms with E-state index in [0.717, 1.165) is 0 Å². The third kappa shape index (κ3) is 4.13. The standard InChI is InChI=1S/C14H15N5O4/c1-9-11(14(21)18-16-9)6-7-13(20)17-15-8-10-4-2-3-5-12(10)19(22)23/h2-5,8H,6-7H2,1H3,(H,17,20)(H2,16,18,21)/b15-8+. The molecule has 9 nitrogen and oxygen atoms in total. The molecule has 23 heavy (non-hydrogen) atoms. The summed E-state index contributed by atoms with van der Waals surface area (Å²) in [5.41, 5.74) is 3.43. The molecule has 120 valence electrons. The largest absolute Gasteiger partial charge is 0.302 e. The van der Waals surface area contributed by atoms with Crippen molar-refractivity contribution in [3.63, 3.8) is 0 Å². The summed E-state index contributed by atoms with van der Waals surface area (Å²) in [6, 6.07) is 6.06. The summed E-state index contributed by atoms with van der Waals surface area (Å²) in [6.45, 7) is 1.73. The van der Waals surface area contributed by atoms with E-state index in [9.17, 15) is 19.7 Å². The fourth-order valence-electron chi connectivity index (χ4n) is 2.00. The van der Waals surface area contributed by atoms with Gasteiger partial charge in [0, 0.05) is 23.7 Å². The van der Waals surface area contributed by atoms with Crippen LogP contribution < -0.4 is 11.0 Å². The van der Waals surface area contributed by atoms with Crippen LogP contribution >= 0.6 is 0 Å². The fraction of sp³-hybridized carbons (Fsp3) is 0.214. The van der Waals surface area contributed by atoms with Crippen LogP contribution in [0.4, 0.5) is 5.69 Å². The number of carbonyl (C=O) groups excluding carboxylic acids is 1. The van der Waals surface area contributed by atoms with Crippen LogP contribution in [0.25, 0.3) is 0 Å². The molecular formula is C14H15N5O4. The Kier molecular flexibility index (Phi) is 5.03. The Morgan fingerprint density at radius 3 is 2.78 bits per heavy atom. The third-order valence-corrected chi connectivity index (χ3v) is 3.22. The Hall–Kier alpha value is -3.23. The fourth-order valence-corrected chi connectivity index (χ4v) is 2.00. The van der Waals surface area contributed by atoms with Crippen LogP contribution in [0.5, 0.6) is 0 Å². The maximum absolute atomic E-state index is 11.7. The van der Waals surface area contributed by atoms with E-state index >= 15 is 0 Å². The van der Waals surface area contributed by atoms with E-state index in [-0.39, 0.29) is 35.6 Å². The van der Waals surface area contributed by atoms with Gasteiger partial charge in [0.15, 0.2) is 0 Å². The van der Waals surface area contributed by atoms with E-state index in [1.54, 1.807) is 19.1 Å². The number of nitro groups is 1. The number of hydrogen-bond donors (Lipinski definition) is 3. The molecule has 1 heterocycles. The van der Waals surface area contributed by atoms with Crippen molar-refractivity contribution >= 4 is 17.8 Å². The lowest BCUT2D eigenvalue weighted by molar-refractivity contribution is -0.385. The SMILES string of the molecule is Cc1[nH][nH]c(=O)c1CCC(=O)N/N=C/c1ccccc1[N+](=O)[O-]. The molecular weight excluding hydrogens is 302 g/mol. The van der Waals surface area contributed by atoms with Crippen LogP contribution in [-0.2, 0) is 11.2 Å². The number of aromatic nitrogens is 2. The van der Waals surface area contributed by atoms with E-state index in [1.807, 2.05) is 0 Å². The number of H-pyrrole nitrogens is 2. The maximum Gasteiger partial charge on any atom is 0.278 e. The zero-order valence-corrected chi connectivity index (χ0v) is 12.3. The van der Waals surface area contributed by atoms with Crippen LogP contribution in [-0.4, -0.2) is 27.2 Å². The smallest absolute Gasteiger partial charge is 0.278 e. The molecule has 0 spiro atoms. The van der Waals surface area contributed by atoms with Gasteiger partial charge in [0.05, 0.1) is 16.7 Å². The van der Waals surface area contributed by atoms with Gasteiger partial charge in [-0.3, -0.25) is 24.8 Å². The van der Waals surface area contributed by atoms with Gasteiger partial charge in [0.2, 0.25) is 5.91 Å². The van der Waals surface area contributed by atoms with E-state index < -0.39 is 4.92 Å². The summed E-state index contributed by atoms with van der Waals surface area (Å²) >= 11 is 0. The number of amides is 1. The number of benzene rings is 1. The number of nitrogens with one attached hydrogen (secondary N) is 3. The van der Waals surface area contributed by atoms with E-state index in [1.165, 1.54) is 18.3 Å². The lowest BCUT2D eigenvalue weighted by atomic mass is 10.1. The van der Waals surface area contributed by atoms with Crippen molar-refractivity contribution < 1.29 is 9.72 Å². The molecule has 0 radical (unpaired) electrons. The van der Waals surface area contributed by atoms with Gasteiger partial charge < -0.3 is 5.10 Å². The second-order valence-corrected chi connectivity index (χ2v) is 4.79. The number of hydrazone groups is 1. The molecule has 0 bridgehead atoms. The monoisotopic (exact) mass is 317 g/mol. The van der Waals surface area contributed by atoms with Crippen molar-refractivity contribution in [3.05, 3.63) is 61.6 Å². The summed E-state index contributed by atoms with van der Waals surface area (Å²) in [5.74, 6) is -0.389. The van der Waals surface area contributed by atoms with Crippen LogP contribution in [0.1, 0.15) is 23.2 Å². The molecule has 0 aliphatic carbocycles. The summed E-state index contributed by atoms with van der Waals surface area (Å²) in [4.78, 5) is 33.4. The molecule has 9 heteroatoms. The molecule has 1 amide bonds. The number of carbonyl (C=O) groups is 1. The van der Waals surface area contributed by atoms with Gasteiger partial charge in [0.1, 0.15) is 0 Å². The average Bonchev–Trinajstić information content (AvgIpc) is 2.84. The lowest BCUT2D eigenvalue weighted by Gasteiger charge is -1.99. The Bertz CT molecular complexity index is 805. The summed E-state index contributed by atoms with van der Waals surface area (Å²) in [6.07, 6.45) is 1.57. The predicted octanol–water partition coefficient (Wildman–Crippen LogP) is 1.00. The van der Waals surface area contributed by atoms with Crippen LogP contribution in [0.2, 0.25) is 0 Å². The topological polar surface area (TPSA) is 133 Å². The second-order valence-electron chi connectivity index (χ2n) is 4.79. The number of nitro benzene ring substituents is 1.